The van der Waals surface area contributed by atoms with Gasteiger partial charge in [-0.05, 0) is 66.1 Å². The van der Waals surface area contributed by atoms with Gasteiger partial charge in [-0.1, -0.05) is 74.2 Å². The van der Waals surface area contributed by atoms with Crippen molar-refractivity contribution in [3.05, 3.63) is 125 Å². The molecule has 268 valence electrons. The molecule has 5 rings (SSSR count). The Morgan fingerprint density at radius 2 is 1.67 bits per heavy atom. The van der Waals surface area contributed by atoms with Crippen molar-refractivity contribution in [1.29, 1.82) is 5.41 Å². The van der Waals surface area contributed by atoms with Crippen LogP contribution in [0.2, 0.25) is 0 Å². The molecule has 0 aliphatic heterocycles. The Kier molecular flexibility index (Phi) is 12.3. The molecule has 1 fully saturated rings. The van der Waals surface area contributed by atoms with E-state index in [0.29, 0.717) is 46.9 Å². The monoisotopic (exact) mass is 702 g/mol. The molecule has 3 aromatic carbocycles. The lowest BCUT2D eigenvalue weighted by molar-refractivity contribution is -0.149. The third-order valence-electron chi connectivity index (χ3n) is 8.73. The summed E-state index contributed by atoms with van der Waals surface area (Å²) in [7, 11) is 1.48. The van der Waals surface area contributed by atoms with Crippen molar-refractivity contribution >= 4 is 35.5 Å². The van der Waals surface area contributed by atoms with E-state index in [1.807, 2.05) is 30.3 Å². The van der Waals surface area contributed by atoms with Crippen LogP contribution < -0.4 is 15.8 Å². The van der Waals surface area contributed by atoms with Crippen LogP contribution in [-0.2, 0) is 27.1 Å². The van der Waals surface area contributed by atoms with Crippen LogP contribution in [-0.4, -0.2) is 61.3 Å². The lowest BCUT2D eigenvalue weighted by atomic mass is 9.90. The van der Waals surface area contributed by atoms with Gasteiger partial charge in [-0.25, -0.2) is 9.78 Å². The zero-order valence-electron chi connectivity index (χ0n) is 29.3. The average molecular weight is 703 g/mol. The number of ketones is 1. The number of esters is 2. The van der Waals surface area contributed by atoms with Gasteiger partial charge in [-0.15, -0.1) is 0 Å². The molecule has 0 saturated heterocycles. The quantitative estimate of drug-likeness (QED) is 0.0403. The third kappa shape index (κ3) is 9.57. The number of hydrogen-bond donors (Lipinski definition) is 3. The highest BCUT2D eigenvalue weighted by Crippen LogP contribution is 2.35. The topological polar surface area (TPSA) is 171 Å². The van der Waals surface area contributed by atoms with Gasteiger partial charge in [0, 0.05) is 35.2 Å². The molecule has 1 aliphatic carbocycles. The SMILES string of the molecule is C=Cc1cc(C(=O)Cc2ccc(C(=N)N)cc2)c(-c2ccc(C(=O)NCC3CC3)nc2C(=O)OCCOC(=O)[C@@H](C)Cc2ccccc2)cc1OC. The second kappa shape index (κ2) is 17.2. The summed E-state index contributed by atoms with van der Waals surface area (Å²) in [6.07, 6.45) is 4.14. The number of amides is 1. The van der Waals surface area contributed by atoms with Crippen molar-refractivity contribution in [3.63, 3.8) is 0 Å². The number of nitrogens with one attached hydrogen (secondary N) is 2. The van der Waals surface area contributed by atoms with E-state index < -0.39 is 23.8 Å². The number of rotatable bonds is 17. The van der Waals surface area contributed by atoms with Crippen LogP contribution in [0.5, 0.6) is 5.75 Å². The first kappa shape index (κ1) is 37.2. The number of carbonyl (C=O) groups excluding carboxylic acids is 4. The van der Waals surface area contributed by atoms with Gasteiger partial charge in [0.05, 0.1) is 13.0 Å². The van der Waals surface area contributed by atoms with Gasteiger partial charge in [-0.3, -0.25) is 19.8 Å². The maximum absolute atomic E-state index is 14.0. The molecule has 1 amide bonds. The molecule has 0 radical (unpaired) electrons. The van der Waals surface area contributed by atoms with E-state index in [9.17, 15) is 19.2 Å². The number of pyridine rings is 1. The number of nitrogens with two attached hydrogens (primary N) is 1. The molecule has 1 aliphatic rings. The Hall–Kier alpha value is -6.10. The molecule has 1 atom stereocenters. The van der Waals surface area contributed by atoms with Crippen LogP contribution in [0, 0.1) is 17.2 Å². The minimum atomic E-state index is -0.870. The van der Waals surface area contributed by atoms with Gasteiger partial charge < -0.3 is 25.3 Å². The lowest BCUT2D eigenvalue weighted by Crippen LogP contribution is -2.27. The number of hydrogen-bond acceptors (Lipinski definition) is 9. The summed E-state index contributed by atoms with van der Waals surface area (Å²) >= 11 is 0. The number of nitrogens with zero attached hydrogens (tertiary/aromatic N) is 1. The first-order valence-electron chi connectivity index (χ1n) is 17.1. The lowest BCUT2D eigenvalue weighted by Gasteiger charge is -2.17. The Morgan fingerprint density at radius 3 is 2.33 bits per heavy atom. The maximum atomic E-state index is 14.0. The summed E-state index contributed by atoms with van der Waals surface area (Å²) in [5, 5.41) is 10.5. The zero-order chi connectivity index (χ0) is 37.2. The van der Waals surface area contributed by atoms with E-state index in [1.54, 1.807) is 55.5 Å². The molecule has 52 heavy (non-hydrogen) atoms. The number of methoxy groups -OCH3 is 1. The van der Waals surface area contributed by atoms with Gasteiger partial charge in [0.2, 0.25) is 0 Å². The van der Waals surface area contributed by atoms with Crippen LogP contribution in [0.15, 0.2) is 85.4 Å². The molecule has 11 heteroatoms. The largest absolute Gasteiger partial charge is 0.496 e. The highest BCUT2D eigenvalue weighted by Gasteiger charge is 2.26. The van der Waals surface area contributed by atoms with Crippen molar-refractivity contribution in [3.8, 4) is 16.9 Å². The molecule has 1 heterocycles. The summed E-state index contributed by atoms with van der Waals surface area (Å²) in [6, 6.07) is 22.7. The van der Waals surface area contributed by atoms with Crippen molar-refractivity contribution < 1.29 is 33.4 Å². The molecular formula is C41H42N4O7. The number of ether oxygens (including phenoxy) is 3. The summed E-state index contributed by atoms with van der Waals surface area (Å²) in [4.78, 5) is 57.8. The van der Waals surface area contributed by atoms with Gasteiger partial charge in [0.25, 0.3) is 5.91 Å². The number of benzene rings is 3. The van der Waals surface area contributed by atoms with Gasteiger partial charge in [0.15, 0.2) is 11.5 Å². The van der Waals surface area contributed by atoms with E-state index >= 15 is 0 Å². The van der Waals surface area contributed by atoms with E-state index in [-0.39, 0.29) is 53.8 Å². The predicted octanol–water partition coefficient (Wildman–Crippen LogP) is 5.83. The zero-order valence-corrected chi connectivity index (χ0v) is 29.3. The Morgan fingerprint density at radius 1 is 0.962 bits per heavy atom. The Balaban J connectivity index is 1.42. The minimum Gasteiger partial charge on any atom is -0.496 e. The van der Waals surface area contributed by atoms with E-state index in [4.69, 9.17) is 25.4 Å². The standard InChI is InChI=1S/C41H42N4O7/c1-4-29-22-33(35(46)21-27-12-14-30(15-13-27)38(42)43)32(23-36(29)50-3)31-16-17-34(39(47)44-24-28-10-11-28)45-37(31)41(49)52-19-18-51-40(48)25(2)20-26-8-6-5-7-9-26/h4-9,12-17,22-23,25,28H,1,10-11,18-21,24H2,2-3H3,(H3,42,43)(H,44,47)/t25-/m0/s1. The molecule has 11 nitrogen and oxygen atoms in total. The van der Waals surface area contributed by atoms with Crippen molar-refractivity contribution in [2.45, 2.75) is 32.6 Å². The average Bonchev–Trinajstić information content (AvgIpc) is 4.00. The van der Waals surface area contributed by atoms with Crippen LogP contribution in [0.4, 0.5) is 0 Å². The molecule has 1 saturated carbocycles. The van der Waals surface area contributed by atoms with Crippen molar-refractivity contribution in [2.24, 2.45) is 17.6 Å². The first-order chi connectivity index (χ1) is 25.1. The summed E-state index contributed by atoms with van der Waals surface area (Å²) < 4.78 is 16.5. The number of nitrogen functional groups attached to an aromatic ring is 1. The highest BCUT2D eigenvalue weighted by atomic mass is 16.6. The number of carbonyl (C=O) groups is 4. The molecule has 0 bridgehead atoms. The number of amidine groups is 1. The summed E-state index contributed by atoms with van der Waals surface area (Å²) in [5.41, 5.74) is 9.00. The fourth-order valence-corrected chi connectivity index (χ4v) is 5.62. The van der Waals surface area contributed by atoms with Crippen LogP contribution in [0.1, 0.15) is 73.4 Å². The highest BCUT2D eigenvalue weighted by molar-refractivity contribution is 6.07. The third-order valence-corrected chi connectivity index (χ3v) is 8.73. The second-order valence-corrected chi connectivity index (χ2v) is 12.7. The van der Waals surface area contributed by atoms with Crippen LogP contribution >= 0.6 is 0 Å². The first-order valence-corrected chi connectivity index (χ1v) is 17.1. The van der Waals surface area contributed by atoms with Crippen molar-refractivity contribution in [2.75, 3.05) is 26.9 Å². The van der Waals surface area contributed by atoms with Gasteiger partial charge >= 0.3 is 11.9 Å². The van der Waals surface area contributed by atoms with Crippen molar-refractivity contribution in [1.82, 2.24) is 10.3 Å². The van der Waals surface area contributed by atoms with E-state index in [2.05, 4.69) is 16.9 Å². The number of aromatic nitrogens is 1. The van der Waals surface area contributed by atoms with Crippen LogP contribution in [0.3, 0.4) is 0 Å². The normalized spacial score (nSPS) is 12.7. The van der Waals surface area contributed by atoms with E-state index in [0.717, 1.165) is 18.4 Å². The molecule has 0 unspecified atom stereocenters. The second-order valence-electron chi connectivity index (χ2n) is 12.7. The fourth-order valence-electron chi connectivity index (χ4n) is 5.62. The van der Waals surface area contributed by atoms with Gasteiger partial charge in [0.1, 0.15) is 30.5 Å². The number of Topliss-reactive ketones (excluding diaryl/α,β-unsaturated/α-hetero) is 1. The summed E-state index contributed by atoms with van der Waals surface area (Å²) in [5.74, 6) is -1.70. The molecule has 4 aromatic rings. The van der Waals surface area contributed by atoms with E-state index in [1.165, 1.54) is 13.2 Å². The smallest absolute Gasteiger partial charge is 0.357 e. The molecule has 0 spiro atoms. The summed E-state index contributed by atoms with van der Waals surface area (Å²) in [6.45, 7) is 5.68. The Bertz CT molecular complexity index is 1970. The predicted molar refractivity (Wildman–Crippen MR) is 197 cm³/mol. The fraction of sp³-hybridized carbons (Fsp3) is 0.268. The molecular weight excluding hydrogens is 660 g/mol. The Labute approximate surface area is 302 Å². The maximum Gasteiger partial charge on any atom is 0.357 e. The van der Waals surface area contributed by atoms with Gasteiger partial charge in [-0.2, -0.15) is 0 Å². The molecule has 1 aromatic heterocycles. The minimum absolute atomic E-state index is 0.00295. The molecule has 4 N–H and O–H groups in total. The van der Waals surface area contributed by atoms with Crippen LogP contribution in [0.25, 0.3) is 17.2 Å².